The molecule has 0 aliphatic rings. The fourth-order valence-electron chi connectivity index (χ4n) is 2.04. The van der Waals surface area contributed by atoms with Crippen molar-refractivity contribution in [3.63, 3.8) is 0 Å². The average Bonchev–Trinajstić information content (AvgIpc) is 2.81. The summed E-state index contributed by atoms with van der Waals surface area (Å²) in [5.41, 5.74) is 1.42. The van der Waals surface area contributed by atoms with Gasteiger partial charge in [-0.2, -0.15) is 0 Å². The van der Waals surface area contributed by atoms with Gasteiger partial charge in [0.2, 0.25) is 0 Å². The first-order valence-electron chi connectivity index (χ1n) is 6.23. The van der Waals surface area contributed by atoms with E-state index in [1.165, 1.54) is 20.6 Å². The Balaban J connectivity index is 1.86. The molecular formula is C15H18BrNS. The van der Waals surface area contributed by atoms with Gasteiger partial charge in [-0.3, -0.25) is 0 Å². The highest BCUT2D eigenvalue weighted by Gasteiger charge is 2.09. The number of thiophene rings is 1. The minimum Gasteiger partial charge on any atom is -0.317 e. The molecule has 1 N–H and O–H groups in total. The van der Waals surface area contributed by atoms with Crippen molar-refractivity contribution in [2.45, 2.75) is 25.3 Å². The van der Waals surface area contributed by atoms with Gasteiger partial charge in [-0.1, -0.05) is 30.3 Å². The smallest absolute Gasteiger partial charge is 0.0701 e. The quantitative estimate of drug-likeness (QED) is 0.836. The predicted molar refractivity (Wildman–Crippen MR) is 83.3 cm³/mol. The normalized spacial score (nSPS) is 12.6. The molecule has 1 aromatic carbocycles. The Bertz CT molecular complexity index is 466. The fraction of sp³-hybridized carbons (Fsp3) is 0.333. The summed E-state index contributed by atoms with van der Waals surface area (Å²) in [5, 5.41) is 3.42. The molecule has 0 fully saturated rings. The zero-order valence-electron chi connectivity index (χ0n) is 10.5. The van der Waals surface area contributed by atoms with Crippen LogP contribution in [0.15, 0.2) is 46.3 Å². The van der Waals surface area contributed by atoms with Gasteiger partial charge in [0.1, 0.15) is 0 Å². The minimum atomic E-state index is 0.552. The van der Waals surface area contributed by atoms with Crippen molar-refractivity contribution in [1.82, 2.24) is 5.32 Å². The Hall–Kier alpha value is -0.640. The lowest BCUT2D eigenvalue weighted by molar-refractivity contribution is 0.523. The van der Waals surface area contributed by atoms with E-state index >= 15 is 0 Å². The van der Waals surface area contributed by atoms with E-state index in [1.807, 2.05) is 11.3 Å². The van der Waals surface area contributed by atoms with Gasteiger partial charge in [0.25, 0.3) is 0 Å². The van der Waals surface area contributed by atoms with Crippen molar-refractivity contribution in [2.24, 2.45) is 0 Å². The molecule has 0 saturated heterocycles. The summed E-state index contributed by atoms with van der Waals surface area (Å²) < 4.78 is 1.22. The fourth-order valence-corrected chi connectivity index (χ4v) is 3.60. The van der Waals surface area contributed by atoms with Crippen molar-refractivity contribution in [3.05, 3.63) is 56.7 Å². The average molecular weight is 324 g/mol. The predicted octanol–water partition coefficient (Wildman–Crippen LogP) is 4.27. The van der Waals surface area contributed by atoms with Gasteiger partial charge < -0.3 is 5.32 Å². The first-order chi connectivity index (χ1) is 8.78. The maximum atomic E-state index is 3.52. The Morgan fingerprint density at radius 1 is 1.17 bits per heavy atom. The van der Waals surface area contributed by atoms with Gasteiger partial charge in [-0.15, -0.1) is 11.3 Å². The molecule has 0 bridgehead atoms. The van der Waals surface area contributed by atoms with Crippen LogP contribution in [0.25, 0.3) is 0 Å². The third-order valence-corrected chi connectivity index (χ3v) is 4.75. The lowest BCUT2D eigenvalue weighted by atomic mass is 10.0. The maximum Gasteiger partial charge on any atom is 0.0701 e. The topological polar surface area (TPSA) is 12.0 Å². The van der Waals surface area contributed by atoms with Gasteiger partial charge in [0.15, 0.2) is 0 Å². The number of hydrogen-bond donors (Lipinski definition) is 1. The molecule has 1 nitrogen and oxygen atoms in total. The molecule has 0 aliphatic heterocycles. The highest BCUT2D eigenvalue weighted by molar-refractivity contribution is 9.11. The standard InChI is InChI=1S/C15H18BrNS/c1-17-13(11-14-9-10-15(16)18-14)8-7-12-5-3-2-4-6-12/h2-6,9-10,13,17H,7-8,11H2,1H3. The van der Waals surface area contributed by atoms with Crippen LogP contribution < -0.4 is 5.32 Å². The Kier molecular flexibility index (Phi) is 5.42. The number of halogens is 1. The van der Waals surface area contributed by atoms with E-state index in [4.69, 9.17) is 0 Å². The molecule has 0 saturated carbocycles. The van der Waals surface area contributed by atoms with E-state index in [0.717, 1.165) is 12.8 Å². The van der Waals surface area contributed by atoms with Crippen LogP contribution >= 0.6 is 27.3 Å². The number of rotatable bonds is 6. The largest absolute Gasteiger partial charge is 0.317 e. The van der Waals surface area contributed by atoms with Crippen LogP contribution in [0.1, 0.15) is 16.9 Å². The zero-order valence-corrected chi connectivity index (χ0v) is 12.9. The van der Waals surface area contributed by atoms with Gasteiger partial charge in [-0.25, -0.2) is 0 Å². The maximum absolute atomic E-state index is 3.52. The van der Waals surface area contributed by atoms with Crippen LogP contribution in [-0.4, -0.2) is 13.1 Å². The number of hydrogen-bond acceptors (Lipinski definition) is 2. The summed E-state index contributed by atoms with van der Waals surface area (Å²) in [5.74, 6) is 0. The number of aryl methyl sites for hydroxylation is 1. The van der Waals surface area contributed by atoms with Crippen LogP contribution in [0.2, 0.25) is 0 Å². The molecule has 0 amide bonds. The van der Waals surface area contributed by atoms with Gasteiger partial charge in [-0.05, 0) is 59.9 Å². The summed E-state index contributed by atoms with van der Waals surface area (Å²) in [6, 6.07) is 15.6. The molecule has 1 atom stereocenters. The third kappa shape index (κ3) is 4.23. The third-order valence-electron chi connectivity index (χ3n) is 3.11. The van der Waals surface area contributed by atoms with E-state index in [2.05, 4.69) is 70.8 Å². The summed E-state index contributed by atoms with van der Waals surface area (Å²) in [6.45, 7) is 0. The van der Waals surface area contributed by atoms with Crippen LogP contribution in [-0.2, 0) is 12.8 Å². The Labute approximate surface area is 121 Å². The van der Waals surface area contributed by atoms with E-state index in [9.17, 15) is 0 Å². The second-order valence-electron chi connectivity index (χ2n) is 4.42. The molecule has 0 aliphatic carbocycles. The van der Waals surface area contributed by atoms with Gasteiger partial charge >= 0.3 is 0 Å². The number of nitrogens with one attached hydrogen (secondary N) is 1. The van der Waals surface area contributed by atoms with Crippen LogP contribution in [0.3, 0.4) is 0 Å². The van der Waals surface area contributed by atoms with E-state index < -0.39 is 0 Å². The van der Waals surface area contributed by atoms with Crippen molar-refractivity contribution in [2.75, 3.05) is 7.05 Å². The first kappa shape index (κ1) is 13.8. The van der Waals surface area contributed by atoms with Crippen LogP contribution in [0.5, 0.6) is 0 Å². The van der Waals surface area contributed by atoms with Gasteiger partial charge in [0, 0.05) is 10.9 Å². The zero-order chi connectivity index (χ0) is 12.8. The lowest BCUT2D eigenvalue weighted by Crippen LogP contribution is -2.27. The SMILES string of the molecule is CNC(CCc1ccccc1)Cc1ccc(Br)s1. The molecule has 18 heavy (non-hydrogen) atoms. The second kappa shape index (κ2) is 7.07. The summed E-state index contributed by atoms with van der Waals surface area (Å²) in [6.07, 6.45) is 3.43. The van der Waals surface area contributed by atoms with Gasteiger partial charge in [0.05, 0.1) is 3.79 Å². The summed E-state index contributed by atoms with van der Waals surface area (Å²) in [4.78, 5) is 1.44. The highest BCUT2D eigenvalue weighted by atomic mass is 79.9. The number of likely N-dealkylation sites (N-methyl/N-ethyl adjacent to an activating group) is 1. The van der Waals surface area contributed by atoms with Crippen molar-refractivity contribution in [1.29, 1.82) is 0 Å². The molecule has 0 radical (unpaired) electrons. The molecule has 2 rings (SSSR count). The monoisotopic (exact) mass is 323 g/mol. The van der Waals surface area contributed by atoms with E-state index in [-0.39, 0.29) is 0 Å². The molecule has 2 aromatic rings. The molecule has 1 heterocycles. The minimum absolute atomic E-state index is 0.552. The van der Waals surface area contributed by atoms with Crippen molar-refractivity contribution < 1.29 is 0 Å². The molecule has 96 valence electrons. The Morgan fingerprint density at radius 3 is 2.56 bits per heavy atom. The summed E-state index contributed by atoms with van der Waals surface area (Å²) >= 11 is 5.35. The molecule has 1 aromatic heterocycles. The molecular weight excluding hydrogens is 306 g/mol. The van der Waals surface area contributed by atoms with E-state index in [0.29, 0.717) is 6.04 Å². The van der Waals surface area contributed by atoms with Crippen LogP contribution in [0, 0.1) is 0 Å². The lowest BCUT2D eigenvalue weighted by Gasteiger charge is -2.15. The van der Waals surface area contributed by atoms with E-state index in [1.54, 1.807) is 0 Å². The van der Waals surface area contributed by atoms with Crippen molar-refractivity contribution >= 4 is 27.3 Å². The summed E-state index contributed by atoms with van der Waals surface area (Å²) in [7, 11) is 2.05. The number of benzene rings is 1. The first-order valence-corrected chi connectivity index (χ1v) is 7.84. The van der Waals surface area contributed by atoms with Crippen LogP contribution in [0.4, 0.5) is 0 Å². The second-order valence-corrected chi connectivity index (χ2v) is 6.97. The molecule has 0 spiro atoms. The molecule has 1 unspecified atom stereocenters. The highest BCUT2D eigenvalue weighted by Crippen LogP contribution is 2.23. The van der Waals surface area contributed by atoms with Crippen molar-refractivity contribution in [3.8, 4) is 0 Å². The molecule has 3 heteroatoms. The Morgan fingerprint density at radius 2 is 1.94 bits per heavy atom.